The third kappa shape index (κ3) is 4.60. The van der Waals surface area contributed by atoms with Gasteiger partial charge in [0, 0.05) is 30.0 Å². The van der Waals surface area contributed by atoms with Crippen LogP contribution in [-0.2, 0) is 10.9 Å². The van der Waals surface area contributed by atoms with Crippen LogP contribution in [0.4, 0.5) is 0 Å². The maximum absolute atomic E-state index is 13.1. The first-order valence-corrected chi connectivity index (χ1v) is 14.6. The van der Waals surface area contributed by atoms with Crippen molar-refractivity contribution in [1.82, 2.24) is 0 Å². The molecule has 0 spiro atoms. The normalized spacial score (nSPS) is 12.1. The van der Waals surface area contributed by atoms with Crippen molar-refractivity contribution in [3.63, 3.8) is 0 Å². The number of aryl methyl sites for hydroxylation is 1. The maximum Gasteiger partial charge on any atom is 0.195 e. The van der Waals surface area contributed by atoms with E-state index in [-0.39, 0.29) is 16.3 Å². The van der Waals surface area contributed by atoms with Gasteiger partial charge in [-0.1, -0.05) is 59.8 Å². The molecule has 0 radical (unpaired) electrons. The van der Waals surface area contributed by atoms with E-state index >= 15 is 0 Å². The van der Waals surface area contributed by atoms with Crippen LogP contribution >= 0.6 is 23.1 Å². The summed E-state index contributed by atoms with van der Waals surface area (Å²) in [6, 6.07) is 42.6. The molecule has 0 saturated carbocycles. The molecule has 1 nitrogen and oxygen atoms in total. The molecule has 0 aliphatic rings. The molecule has 0 aliphatic carbocycles. The SMILES string of the molecule is Cc1ccc([S+](c2ccccc2)c2ccc(Sc3ccc4sc5ccccc5c(=O)c4c3)cc2)cc1. The van der Waals surface area contributed by atoms with E-state index < -0.39 is 0 Å². The van der Waals surface area contributed by atoms with Crippen molar-refractivity contribution in [2.75, 3.05) is 0 Å². The van der Waals surface area contributed by atoms with Gasteiger partial charge in [-0.25, -0.2) is 0 Å². The summed E-state index contributed by atoms with van der Waals surface area (Å²) < 4.78 is 2.07. The van der Waals surface area contributed by atoms with Crippen molar-refractivity contribution < 1.29 is 0 Å². The van der Waals surface area contributed by atoms with Gasteiger partial charge in [-0.3, -0.25) is 4.79 Å². The summed E-state index contributed by atoms with van der Waals surface area (Å²) in [4.78, 5) is 19.3. The molecular weight excluding hydrogens is 497 g/mol. The first-order valence-electron chi connectivity index (χ1n) is 11.8. The molecule has 6 aromatic rings. The molecule has 0 bridgehead atoms. The summed E-state index contributed by atoms with van der Waals surface area (Å²) in [7, 11) is -0.162. The Kier molecular flexibility index (Phi) is 6.41. The van der Waals surface area contributed by atoms with Crippen molar-refractivity contribution in [1.29, 1.82) is 0 Å². The van der Waals surface area contributed by atoms with Gasteiger partial charge in [-0.2, -0.15) is 0 Å². The van der Waals surface area contributed by atoms with Crippen LogP contribution in [0.3, 0.4) is 0 Å². The van der Waals surface area contributed by atoms with Gasteiger partial charge >= 0.3 is 0 Å². The molecule has 36 heavy (non-hydrogen) atoms. The Labute approximate surface area is 221 Å². The van der Waals surface area contributed by atoms with Gasteiger partial charge in [-0.15, -0.1) is 11.3 Å². The van der Waals surface area contributed by atoms with Crippen molar-refractivity contribution in [2.45, 2.75) is 31.4 Å². The van der Waals surface area contributed by atoms with Crippen LogP contribution in [0.1, 0.15) is 5.56 Å². The van der Waals surface area contributed by atoms with Crippen LogP contribution in [0.2, 0.25) is 0 Å². The minimum atomic E-state index is -0.162. The zero-order chi connectivity index (χ0) is 24.5. The summed E-state index contributed by atoms with van der Waals surface area (Å²) >= 11 is 3.37. The maximum atomic E-state index is 13.1. The molecule has 1 unspecified atom stereocenters. The molecule has 5 aromatic carbocycles. The fourth-order valence-electron chi connectivity index (χ4n) is 4.26. The zero-order valence-electron chi connectivity index (χ0n) is 19.7. The van der Waals surface area contributed by atoms with E-state index in [0.29, 0.717) is 0 Å². The summed E-state index contributed by atoms with van der Waals surface area (Å²) in [6.07, 6.45) is 0. The largest absolute Gasteiger partial charge is 0.289 e. The van der Waals surface area contributed by atoms with Gasteiger partial charge in [0.1, 0.15) is 0 Å². The Morgan fingerprint density at radius 1 is 0.583 bits per heavy atom. The predicted molar refractivity (Wildman–Crippen MR) is 156 cm³/mol. The molecule has 0 N–H and O–H groups in total. The standard InChI is InChI=1S/C32H23OS3/c1-22-11-16-26(17-12-22)36(25-7-3-2-4-8-25)27-18-13-23(14-19-27)34-24-15-20-31-29(21-24)32(33)28-9-5-6-10-30(28)35-31/h2-21H,1H3/q+1. The van der Waals surface area contributed by atoms with Crippen molar-refractivity contribution in [2.24, 2.45) is 0 Å². The molecule has 1 heterocycles. The van der Waals surface area contributed by atoms with Crippen LogP contribution < -0.4 is 5.43 Å². The van der Waals surface area contributed by atoms with Crippen molar-refractivity contribution in [3.05, 3.63) is 137 Å². The van der Waals surface area contributed by atoms with Gasteiger partial charge in [0.2, 0.25) is 0 Å². The number of benzene rings is 5. The molecule has 0 saturated heterocycles. The Balaban J connectivity index is 1.32. The molecule has 6 rings (SSSR count). The van der Waals surface area contributed by atoms with Crippen LogP contribution in [0.15, 0.2) is 151 Å². The minimum absolute atomic E-state index is 0.113. The molecular formula is C32H23OS3+. The third-order valence-electron chi connectivity index (χ3n) is 6.08. The van der Waals surface area contributed by atoms with Crippen LogP contribution in [0, 0.1) is 6.92 Å². The van der Waals surface area contributed by atoms with Gasteiger partial charge in [0.15, 0.2) is 20.1 Å². The highest BCUT2D eigenvalue weighted by molar-refractivity contribution is 7.99. The Hall–Kier alpha value is -3.31. The average molecular weight is 520 g/mol. The third-order valence-corrected chi connectivity index (χ3v) is 10.5. The molecule has 0 amide bonds. The summed E-state index contributed by atoms with van der Waals surface area (Å²) in [6.45, 7) is 2.13. The number of rotatable bonds is 5. The highest BCUT2D eigenvalue weighted by Gasteiger charge is 2.28. The van der Waals surface area contributed by atoms with E-state index in [9.17, 15) is 4.79 Å². The van der Waals surface area contributed by atoms with Crippen LogP contribution in [0.5, 0.6) is 0 Å². The van der Waals surface area contributed by atoms with Gasteiger partial charge < -0.3 is 0 Å². The Bertz CT molecular complexity index is 1720. The van der Waals surface area contributed by atoms with E-state index in [1.807, 2.05) is 30.3 Å². The zero-order valence-corrected chi connectivity index (χ0v) is 22.1. The van der Waals surface area contributed by atoms with Crippen molar-refractivity contribution >= 4 is 54.2 Å². The van der Waals surface area contributed by atoms with Crippen LogP contribution in [0.25, 0.3) is 20.2 Å². The molecule has 4 heteroatoms. The Morgan fingerprint density at radius 2 is 1.17 bits per heavy atom. The smallest absolute Gasteiger partial charge is 0.195 e. The average Bonchev–Trinajstić information content (AvgIpc) is 2.92. The van der Waals surface area contributed by atoms with E-state index in [1.54, 1.807) is 23.1 Å². The van der Waals surface area contributed by atoms with Gasteiger partial charge in [0.05, 0.1) is 10.9 Å². The van der Waals surface area contributed by atoms with E-state index in [2.05, 4.69) is 97.9 Å². The van der Waals surface area contributed by atoms with E-state index in [1.165, 1.54) is 20.2 Å². The second-order valence-electron chi connectivity index (χ2n) is 8.59. The summed E-state index contributed by atoms with van der Waals surface area (Å²) in [5.41, 5.74) is 1.38. The lowest BCUT2D eigenvalue weighted by Gasteiger charge is -2.09. The fourth-order valence-corrected chi connectivity index (χ4v) is 8.24. The Morgan fingerprint density at radius 3 is 1.92 bits per heavy atom. The number of hydrogen-bond acceptors (Lipinski definition) is 3. The molecule has 0 aliphatic heterocycles. The monoisotopic (exact) mass is 519 g/mol. The van der Waals surface area contributed by atoms with E-state index in [0.717, 1.165) is 30.0 Å². The lowest BCUT2D eigenvalue weighted by Crippen LogP contribution is -2.04. The van der Waals surface area contributed by atoms with Gasteiger partial charge in [0.25, 0.3) is 0 Å². The first-order chi connectivity index (χ1) is 17.7. The highest BCUT2D eigenvalue weighted by Crippen LogP contribution is 2.35. The summed E-state index contributed by atoms with van der Waals surface area (Å²) in [5, 5.41) is 1.59. The molecule has 1 aromatic heterocycles. The van der Waals surface area contributed by atoms with Crippen LogP contribution in [-0.4, -0.2) is 0 Å². The first kappa shape index (κ1) is 23.1. The molecule has 1 atom stereocenters. The molecule has 174 valence electrons. The van der Waals surface area contributed by atoms with Crippen molar-refractivity contribution in [3.8, 4) is 0 Å². The lowest BCUT2D eigenvalue weighted by atomic mass is 10.2. The quantitative estimate of drug-likeness (QED) is 0.167. The second kappa shape index (κ2) is 9.98. The number of hydrogen-bond donors (Lipinski definition) is 0. The lowest BCUT2D eigenvalue weighted by molar-refractivity contribution is 1.28. The second-order valence-corrected chi connectivity index (χ2v) is 12.8. The van der Waals surface area contributed by atoms with E-state index in [4.69, 9.17) is 0 Å². The van der Waals surface area contributed by atoms with Gasteiger partial charge in [-0.05, 0) is 85.8 Å². The predicted octanol–water partition coefficient (Wildman–Crippen LogP) is 8.97. The topological polar surface area (TPSA) is 17.1 Å². The minimum Gasteiger partial charge on any atom is -0.289 e. The number of fused-ring (bicyclic) bond motifs is 2. The molecule has 0 fully saturated rings. The highest BCUT2D eigenvalue weighted by atomic mass is 32.2. The summed E-state index contributed by atoms with van der Waals surface area (Å²) in [5.74, 6) is 0. The fraction of sp³-hybridized carbons (Fsp3) is 0.0312.